The summed E-state index contributed by atoms with van der Waals surface area (Å²) in [6, 6.07) is 0. The van der Waals surface area contributed by atoms with E-state index in [2.05, 4.69) is 15.1 Å². The fourth-order valence-electron chi connectivity index (χ4n) is 1.49. The van der Waals surface area contributed by atoms with Gasteiger partial charge in [-0.15, -0.1) is 0 Å². The molecule has 2 aromatic rings. The molecule has 7 heteroatoms. The summed E-state index contributed by atoms with van der Waals surface area (Å²) < 4.78 is 1.60. The summed E-state index contributed by atoms with van der Waals surface area (Å²) in [5, 5.41) is 4.89. The van der Waals surface area contributed by atoms with Crippen LogP contribution in [0.1, 0.15) is 17.1 Å². The maximum atomic E-state index is 6.08. The Morgan fingerprint density at radius 2 is 2.00 bits per heavy atom. The molecule has 2 rings (SSSR count). The van der Waals surface area contributed by atoms with Gasteiger partial charge in [0.2, 0.25) is 0 Å². The van der Waals surface area contributed by atoms with Gasteiger partial charge in [0.05, 0.1) is 16.4 Å². The monoisotopic (exact) mass is 267 g/mol. The first-order chi connectivity index (χ1) is 8.02. The molecule has 0 atom stereocenters. The van der Waals surface area contributed by atoms with Crippen LogP contribution in [0.25, 0.3) is 5.82 Å². The van der Waals surface area contributed by atoms with Crippen LogP contribution in [0.15, 0.2) is 12.4 Å². The third kappa shape index (κ3) is 2.01. The first kappa shape index (κ1) is 11.9. The number of nitrogens with two attached hydrogens (primary N) is 1. The first-order valence-corrected chi connectivity index (χ1v) is 5.64. The lowest BCUT2D eigenvalue weighted by Gasteiger charge is -2.07. The second kappa shape index (κ2) is 4.38. The molecule has 17 heavy (non-hydrogen) atoms. The second-order valence-electron chi connectivity index (χ2n) is 3.49. The fraction of sp³-hybridized carbons (Fsp3) is 0.200. The average molecular weight is 268 g/mol. The van der Waals surface area contributed by atoms with Gasteiger partial charge in [0.1, 0.15) is 10.7 Å². The summed E-state index contributed by atoms with van der Waals surface area (Å²) in [6.45, 7) is 3.67. The number of halogens is 1. The molecule has 0 aliphatic heterocycles. The minimum Gasteiger partial charge on any atom is -0.388 e. The zero-order chi connectivity index (χ0) is 12.6. The van der Waals surface area contributed by atoms with Crippen molar-refractivity contribution in [1.29, 1.82) is 0 Å². The van der Waals surface area contributed by atoms with E-state index in [9.17, 15) is 0 Å². The molecule has 0 aliphatic rings. The van der Waals surface area contributed by atoms with Crippen molar-refractivity contribution in [2.24, 2.45) is 5.73 Å². The van der Waals surface area contributed by atoms with Crippen molar-refractivity contribution in [2.45, 2.75) is 13.8 Å². The van der Waals surface area contributed by atoms with Crippen LogP contribution in [0.5, 0.6) is 0 Å². The Kier molecular flexibility index (Phi) is 3.08. The molecular weight excluding hydrogens is 258 g/mol. The molecular formula is C10H10ClN5S. The molecule has 0 aromatic carbocycles. The van der Waals surface area contributed by atoms with E-state index < -0.39 is 0 Å². The number of thiocarbonyl (C=S) groups is 1. The van der Waals surface area contributed by atoms with Crippen molar-refractivity contribution < 1.29 is 0 Å². The maximum Gasteiger partial charge on any atom is 0.182 e. The average Bonchev–Trinajstić information content (AvgIpc) is 2.57. The topological polar surface area (TPSA) is 69.6 Å². The van der Waals surface area contributed by atoms with Crippen LogP contribution >= 0.6 is 23.8 Å². The van der Waals surface area contributed by atoms with E-state index >= 15 is 0 Å². The van der Waals surface area contributed by atoms with Crippen molar-refractivity contribution in [3.05, 3.63) is 34.5 Å². The number of aryl methyl sites for hydroxylation is 1. The largest absolute Gasteiger partial charge is 0.388 e. The van der Waals surface area contributed by atoms with Crippen LogP contribution in [-0.4, -0.2) is 24.7 Å². The van der Waals surface area contributed by atoms with Gasteiger partial charge in [-0.2, -0.15) is 5.10 Å². The molecule has 0 unspecified atom stereocenters. The third-order valence-electron chi connectivity index (χ3n) is 2.32. The number of nitrogens with zero attached hydrogens (tertiary/aromatic N) is 4. The Labute approximate surface area is 109 Å². The van der Waals surface area contributed by atoms with E-state index in [4.69, 9.17) is 29.6 Å². The van der Waals surface area contributed by atoms with Gasteiger partial charge < -0.3 is 5.73 Å². The summed E-state index contributed by atoms with van der Waals surface area (Å²) in [7, 11) is 0. The highest BCUT2D eigenvalue weighted by Gasteiger charge is 2.16. The fourth-order valence-corrected chi connectivity index (χ4v) is 1.75. The standard InChI is InChI=1S/C10H10ClN5S/c1-5-7(11)6(2)16(15-5)10-8(9(12)17)13-3-4-14-10/h3-4H,1-2H3,(H2,12,17). The van der Waals surface area contributed by atoms with Crippen molar-refractivity contribution in [1.82, 2.24) is 19.7 Å². The van der Waals surface area contributed by atoms with Gasteiger partial charge in [0.15, 0.2) is 5.82 Å². The Hall–Kier alpha value is -1.53. The van der Waals surface area contributed by atoms with Gasteiger partial charge in [0, 0.05) is 12.4 Å². The van der Waals surface area contributed by atoms with Gasteiger partial charge in [-0.3, -0.25) is 0 Å². The summed E-state index contributed by atoms with van der Waals surface area (Å²) in [4.78, 5) is 8.48. The van der Waals surface area contributed by atoms with Crippen molar-refractivity contribution in [2.75, 3.05) is 0 Å². The van der Waals surface area contributed by atoms with E-state index in [1.807, 2.05) is 13.8 Å². The van der Waals surface area contributed by atoms with Crippen molar-refractivity contribution in [3.63, 3.8) is 0 Å². The maximum absolute atomic E-state index is 6.08. The molecule has 0 amide bonds. The van der Waals surface area contributed by atoms with Gasteiger partial charge in [-0.25, -0.2) is 14.6 Å². The zero-order valence-corrected chi connectivity index (χ0v) is 10.9. The molecule has 0 radical (unpaired) electrons. The lowest BCUT2D eigenvalue weighted by molar-refractivity contribution is 0.796. The summed E-state index contributed by atoms with van der Waals surface area (Å²) in [6.07, 6.45) is 3.09. The van der Waals surface area contributed by atoms with E-state index in [1.165, 1.54) is 6.20 Å². The molecule has 2 aromatic heterocycles. The Morgan fingerprint density at radius 3 is 2.53 bits per heavy atom. The lowest BCUT2D eigenvalue weighted by atomic mass is 10.3. The highest BCUT2D eigenvalue weighted by Crippen LogP contribution is 2.22. The van der Waals surface area contributed by atoms with Gasteiger partial charge in [-0.1, -0.05) is 23.8 Å². The summed E-state index contributed by atoms with van der Waals surface area (Å²) in [5.74, 6) is 0.493. The Bertz CT molecular complexity index is 592. The molecule has 0 spiro atoms. The normalized spacial score (nSPS) is 10.5. The van der Waals surface area contributed by atoms with Crippen LogP contribution < -0.4 is 5.73 Å². The Morgan fingerprint density at radius 1 is 1.35 bits per heavy atom. The van der Waals surface area contributed by atoms with Crippen molar-refractivity contribution in [3.8, 4) is 5.82 Å². The van der Waals surface area contributed by atoms with E-state index in [-0.39, 0.29) is 4.99 Å². The smallest absolute Gasteiger partial charge is 0.182 e. The van der Waals surface area contributed by atoms with Crippen LogP contribution in [0, 0.1) is 13.8 Å². The molecule has 88 valence electrons. The van der Waals surface area contributed by atoms with Crippen LogP contribution in [-0.2, 0) is 0 Å². The van der Waals surface area contributed by atoms with Gasteiger partial charge in [0.25, 0.3) is 0 Å². The van der Waals surface area contributed by atoms with Crippen molar-refractivity contribution >= 4 is 28.8 Å². The lowest BCUT2D eigenvalue weighted by Crippen LogP contribution is -2.17. The summed E-state index contributed by atoms with van der Waals surface area (Å²) >= 11 is 11.0. The minimum absolute atomic E-state index is 0.178. The SMILES string of the molecule is Cc1nn(-c2nccnc2C(N)=S)c(C)c1Cl. The molecule has 5 nitrogen and oxygen atoms in total. The zero-order valence-electron chi connectivity index (χ0n) is 9.31. The van der Waals surface area contributed by atoms with E-state index in [1.54, 1.807) is 10.9 Å². The quantitative estimate of drug-likeness (QED) is 0.837. The minimum atomic E-state index is 0.178. The number of hydrogen-bond acceptors (Lipinski definition) is 4. The van der Waals surface area contributed by atoms with Crippen LogP contribution in [0.4, 0.5) is 0 Å². The molecule has 0 saturated heterocycles. The molecule has 0 saturated carbocycles. The molecule has 0 fully saturated rings. The van der Waals surface area contributed by atoms with E-state index in [0.29, 0.717) is 16.5 Å². The van der Waals surface area contributed by atoms with Crippen LogP contribution in [0.2, 0.25) is 5.02 Å². The highest BCUT2D eigenvalue weighted by molar-refractivity contribution is 7.80. The second-order valence-corrected chi connectivity index (χ2v) is 4.31. The van der Waals surface area contributed by atoms with E-state index in [0.717, 1.165) is 11.4 Å². The highest BCUT2D eigenvalue weighted by atomic mass is 35.5. The number of rotatable bonds is 2. The predicted molar refractivity (Wildman–Crippen MR) is 69.5 cm³/mol. The summed E-state index contributed by atoms with van der Waals surface area (Å²) in [5.41, 5.74) is 7.54. The van der Waals surface area contributed by atoms with Gasteiger partial charge in [-0.05, 0) is 13.8 Å². The number of hydrogen-bond donors (Lipinski definition) is 1. The Balaban J connectivity index is 2.68. The molecule has 0 bridgehead atoms. The number of aromatic nitrogens is 4. The molecule has 0 aliphatic carbocycles. The molecule has 2 N–H and O–H groups in total. The van der Waals surface area contributed by atoms with Crippen LogP contribution in [0.3, 0.4) is 0 Å². The molecule has 2 heterocycles. The first-order valence-electron chi connectivity index (χ1n) is 4.85. The third-order valence-corrected chi connectivity index (χ3v) is 3.06. The predicted octanol–water partition coefficient (Wildman–Crippen LogP) is 1.57. The van der Waals surface area contributed by atoms with Gasteiger partial charge >= 0.3 is 0 Å².